The fourth-order valence-electron chi connectivity index (χ4n) is 1.81. The van der Waals surface area contributed by atoms with Gasteiger partial charge in [-0.3, -0.25) is 0 Å². The predicted molar refractivity (Wildman–Crippen MR) is 70.6 cm³/mol. The third kappa shape index (κ3) is 2.52. The molecule has 5 heteroatoms. The molecular weight excluding hydrogens is 251 g/mol. The molecule has 2 aromatic heterocycles. The van der Waals surface area contributed by atoms with Gasteiger partial charge < -0.3 is 10.1 Å². The van der Waals surface area contributed by atoms with Crippen LogP contribution in [0.1, 0.15) is 23.4 Å². The van der Waals surface area contributed by atoms with Crippen molar-refractivity contribution in [2.75, 3.05) is 13.7 Å². The van der Waals surface area contributed by atoms with Crippen LogP contribution in [-0.4, -0.2) is 18.6 Å². The number of halogens is 1. The quantitative estimate of drug-likeness (QED) is 0.903. The summed E-state index contributed by atoms with van der Waals surface area (Å²) < 4.78 is 19.4. The molecule has 2 heterocycles. The van der Waals surface area contributed by atoms with E-state index in [0.29, 0.717) is 12.2 Å². The molecule has 3 nitrogen and oxygen atoms in total. The van der Waals surface area contributed by atoms with Crippen LogP contribution in [-0.2, 0) is 0 Å². The highest BCUT2D eigenvalue weighted by molar-refractivity contribution is 7.10. The van der Waals surface area contributed by atoms with Gasteiger partial charge in [0.1, 0.15) is 0 Å². The first-order valence-corrected chi connectivity index (χ1v) is 6.63. The first-order chi connectivity index (χ1) is 8.77. The maximum absolute atomic E-state index is 14.3. The molecule has 0 aliphatic heterocycles. The van der Waals surface area contributed by atoms with Gasteiger partial charge in [-0.25, -0.2) is 9.37 Å². The third-order valence-electron chi connectivity index (χ3n) is 2.60. The first kappa shape index (κ1) is 13.0. The standard InChI is InChI=1S/C13H15FN2OS/c1-3-17-13-11(14)9(6-7-16-13)12(15-2)10-5-4-8-18-10/h4-8,12,15H,3H2,1-2H3. The van der Waals surface area contributed by atoms with Crippen LogP contribution < -0.4 is 10.1 Å². The Hall–Kier alpha value is -1.46. The molecule has 1 N–H and O–H groups in total. The van der Waals surface area contributed by atoms with Crippen molar-refractivity contribution >= 4 is 11.3 Å². The van der Waals surface area contributed by atoms with Crippen LogP contribution >= 0.6 is 11.3 Å². The Labute approximate surface area is 110 Å². The summed E-state index contributed by atoms with van der Waals surface area (Å²) in [6.07, 6.45) is 1.57. The molecule has 18 heavy (non-hydrogen) atoms. The van der Waals surface area contributed by atoms with Gasteiger partial charge in [-0.05, 0) is 31.5 Å². The minimum Gasteiger partial charge on any atom is -0.476 e. The van der Waals surface area contributed by atoms with E-state index < -0.39 is 5.82 Å². The van der Waals surface area contributed by atoms with Crippen LogP contribution in [0.15, 0.2) is 29.8 Å². The van der Waals surface area contributed by atoms with E-state index in [0.717, 1.165) is 4.88 Å². The maximum atomic E-state index is 14.3. The molecule has 0 aliphatic carbocycles. The van der Waals surface area contributed by atoms with E-state index in [-0.39, 0.29) is 11.9 Å². The van der Waals surface area contributed by atoms with Gasteiger partial charge in [0.15, 0.2) is 5.82 Å². The molecule has 1 atom stereocenters. The zero-order chi connectivity index (χ0) is 13.0. The largest absolute Gasteiger partial charge is 0.476 e. The molecule has 0 radical (unpaired) electrons. The zero-order valence-corrected chi connectivity index (χ0v) is 11.1. The van der Waals surface area contributed by atoms with Crippen molar-refractivity contribution in [3.63, 3.8) is 0 Å². The number of hydrogen-bond acceptors (Lipinski definition) is 4. The highest BCUT2D eigenvalue weighted by atomic mass is 32.1. The minimum absolute atomic E-state index is 0.0619. The average Bonchev–Trinajstić information content (AvgIpc) is 2.89. The van der Waals surface area contributed by atoms with E-state index in [2.05, 4.69) is 10.3 Å². The van der Waals surface area contributed by atoms with Gasteiger partial charge in [0.05, 0.1) is 12.6 Å². The van der Waals surface area contributed by atoms with Crippen molar-refractivity contribution < 1.29 is 9.13 Å². The van der Waals surface area contributed by atoms with Crippen LogP contribution in [0.3, 0.4) is 0 Å². The van der Waals surface area contributed by atoms with Gasteiger partial charge in [-0.2, -0.15) is 0 Å². The summed E-state index contributed by atoms with van der Waals surface area (Å²) in [4.78, 5) is 4.97. The van der Waals surface area contributed by atoms with Crippen molar-refractivity contribution in [2.45, 2.75) is 13.0 Å². The monoisotopic (exact) mass is 266 g/mol. The second-order valence-electron chi connectivity index (χ2n) is 3.69. The summed E-state index contributed by atoms with van der Waals surface area (Å²) >= 11 is 1.59. The summed E-state index contributed by atoms with van der Waals surface area (Å²) in [7, 11) is 1.81. The fourth-order valence-corrected chi connectivity index (χ4v) is 2.66. The van der Waals surface area contributed by atoms with Crippen LogP contribution in [0.5, 0.6) is 5.88 Å². The van der Waals surface area contributed by atoms with E-state index in [1.165, 1.54) is 0 Å². The highest BCUT2D eigenvalue weighted by Crippen LogP contribution is 2.30. The lowest BCUT2D eigenvalue weighted by atomic mass is 10.1. The summed E-state index contributed by atoms with van der Waals surface area (Å²) in [5.74, 6) is -0.334. The van der Waals surface area contributed by atoms with E-state index in [9.17, 15) is 4.39 Å². The number of nitrogens with zero attached hydrogens (tertiary/aromatic N) is 1. The summed E-state index contributed by atoms with van der Waals surface area (Å²) in [5.41, 5.74) is 0.554. The van der Waals surface area contributed by atoms with E-state index in [4.69, 9.17) is 4.74 Å². The molecule has 0 amide bonds. The maximum Gasteiger partial charge on any atom is 0.250 e. The van der Waals surface area contributed by atoms with Crippen molar-refractivity contribution in [1.82, 2.24) is 10.3 Å². The number of pyridine rings is 1. The highest BCUT2D eigenvalue weighted by Gasteiger charge is 2.20. The third-order valence-corrected chi connectivity index (χ3v) is 3.53. The smallest absolute Gasteiger partial charge is 0.250 e. The van der Waals surface area contributed by atoms with Crippen LogP contribution in [0.25, 0.3) is 0 Å². The van der Waals surface area contributed by atoms with E-state index in [1.54, 1.807) is 23.6 Å². The first-order valence-electron chi connectivity index (χ1n) is 5.75. The molecule has 0 saturated carbocycles. The van der Waals surface area contributed by atoms with Gasteiger partial charge in [-0.1, -0.05) is 6.07 Å². The lowest BCUT2D eigenvalue weighted by Crippen LogP contribution is -2.18. The van der Waals surface area contributed by atoms with Crippen LogP contribution in [0, 0.1) is 5.82 Å². The number of ether oxygens (including phenoxy) is 1. The van der Waals surface area contributed by atoms with Crippen molar-refractivity contribution in [3.8, 4) is 5.88 Å². The van der Waals surface area contributed by atoms with Gasteiger partial charge in [0.25, 0.3) is 5.88 Å². The van der Waals surface area contributed by atoms with Gasteiger partial charge in [-0.15, -0.1) is 11.3 Å². The number of nitrogens with one attached hydrogen (secondary N) is 1. The Morgan fingerprint density at radius 1 is 1.50 bits per heavy atom. The Balaban J connectivity index is 2.40. The molecule has 2 aromatic rings. The molecule has 0 spiro atoms. The number of thiophene rings is 1. The normalized spacial score (nSPS) is 12.4. The molecule has 0 bridgehead atoms. The predicted octanol–water partition coefficient (Wildman–Crippen LogP) is 2.99. The SMILES string of the molecule is CCOc1nccc(C(NC)c2cccs2)c1F. The molecular formula is C13H15FN2OS. The summed E-state index contributed by atoms with van der Waals surface area (Å²) in [6, 6.07) is 5.43. The molecule has 1 unspecified atom stereocenters. The molecule has 0 fully saturated rings. The fraction of sp³-hybridized carbons (Fsp3) is 0.308. The second-order valence-corrected chi connectivity index (χ2v) is 4.67. The number of rotatable bonds is 5. The number of aromatic nitrogens is 1. The molecule has 0 aromatic carbocycles. The van der Waals surface area contributed by atoms with Gasteiger partial charge >= 0.3 is 0 Å². The lowest BCUT2D eigenvalue weighted by molar-refractivity contribution is 0.305. The van der Waals surface area contributed by atoms with E-state index in [1.807, 2.05) is 31.5 Å². The Kier molecular flexibility index (Phi) is 4.28. The molecule has 96 valence electrons. The van der Waals surface area contributed by atoms with Crippen molar-refractivity contribution in [2.24, 2.45) is 0 Å². The van der Waals surface area contributed by atoms with Crippen molar-refractivity contribution in [1.29, 1.82) is 0 Å². The molecule has 0 saturated heterocycles. The molecule has 2 rings (SSSR count). The Bertz CT molecular complexity index is 502. The van der Waals surface area contributed by atoms with Gasteiger partial charge in [0.2, 0.25) is 0 Å². The van der Waals surface area contributed by atoms with Gasteiger partial charge in [0, 0.05) is 16.6 Å². The Morgan fingerprint density at radius 2 is 2.33 bits per heavy atom. The summed E-state index contributed by atoms with van der Waals surface area (Å²) in [5, 5.41) is 5.09. The minimum atomic E-state index is -0.396. The van der Waals surface area contributed by atoms with Crippen LogP contribution in [0.2, 0.25) is 0 Å². The number of hydrogen-bond donors (Lipinski definition) is 1. The Morgan fingerprint density at radius 3 is 2.94 bits per heavy atom. The lowest BCUT2D eigenvalue weighted by Gasteiger charge is -2.16. The summed E-state index contributed by atoms with van der Waals surface area (Å²) in [6.45, 7) is 2.21. The van der Waals surface area contributed by atoms with Crippen LogP contribution in [0.4, 0.5) is 4.39 Å². The van der Waals surface area contributed by atoms with E-state index >= 15 is 0 Å². The second kappa shape index (κ2) is 5.93. The topological polar surface area (TPSA) is 34.1 Å². The average molecular weight is 266 g/mol. The van der Waals surface area contributed by atoms with Crippen molar-refractivity contribution in [3.05, 3.63) is 46.0 Å². The molecule has 0 aliphatic rings. The zero-order valence-electron chi connectivity index (χ0n) is 10.3.